The molecule has 1 aliphatic carbocycles. The highest BCUT2D eigenvalue weighted by Crippen LogP contribution is 2.47. The van der Waals surface area contributed by atoms with E-state index in [1.54, 1.807) is 7.11 Å². The number of H-pyrrole nitrogens is 1. The number of rotatable bonds is 10. The maximum absolute atomic E-state index is 12.4. The van der Waals surface area contributed by atoms with Crippen molar-refractivity contribution in [2.75, 3.05) is 39.7 Å². The molecule has 0 unspecified atom stereocenters. The molecule has 1 amide bonds. The van der Waals surface area contributed by atoms with Crippen LogP contribution in [0.2, 0.25) is 0 Å². The highest BCUT2D eigenvalue weighted by atomic mass is 16.5. The van der Waals surface area contributed by atoms with Crippen LogP contribution in [-0.2, 0) is 11.2 Å². The molecule has 4 rings (SSSR count). The summed E-state index contributed by atoms with van der Waals surface area (Å²) in [6.07, 6.45) is 2.41. The number of benzene rings is 2. The molecule has 3 aromatic rings. The molecule has 2 N–H and O–H groups in total. The number of aromatic amines is 1. The Labute approximate surface area is 195 Å². The standard InChI is InChI=1S/C26H32N4O3/c1-30(2)11-12-33-23-6-4-5-19(16-23)20-14-21(15-20)24-17-25(29-28-24)27-26(31)13-18-7-9-22(32-3)10-8-18/h4-10,16-17,20-21H,11-15H2,1-3H3,(H2,27,28,29,31). The van der Waals surface area contributed by atoms with Gasteiger partial charge in [-0.1, -0.05) is 24.3 Å². The van der Waals surface area contributed by atoms with E-state index in [0.29, 0.717) is 30.7 Å². The van der Waals surface area contributed by atoms with E-state index < -0.39 is 0 Å². The second-order valence-electron chi connectivity index (χ2n) is 8.87. The van der Waals surface area contributed by atoms with Crippen LogP contribution in [0.25, 0.3) is 0 Å². The van der Waals surface area contributed by atoms with Crippen LogP contribution in [0.1, 0.15) is 41.5 Å². The third-order valence-corrected chi connectivity index (χ3v) is 6.10. The summed E-state index contributed by atoms with van der Waals surface area (Å²) in [6, 6.07) is 17.9. The van der Waals surface area contributed by atoms with Gasteiger partial charge in [-0.05, 0) is 68.2 Å². The first-order chi connectivity index (χ1) is 16.0. The molecule has 174 valence electrons. The molecule has 1 heterocycles. The van der Waals surface area contributed by atoms with Gasteiger partial charge in [-0.3, -0.25) is 9.89 Å². The van der Waals surface area contributed by atoms with Crippen LogP contribution in [0.5, 0.6) is 11.5 Å². The zero-order chi connectivity index (χ0) is 23.2. The Morgan fingerprint density at radius 1 is 1.09 bits per heavy atom. The van der Waals surface area contributed by atoms with Crippen LogP contribution in [0, 0.1) is 0 Å². The van der Waals surface area contributed by atoms with Gasteiger partial charge in [0.1, 0.15) is 18.1 Å². The molecule has 0 spiro atoms. The van der Waals surface area contributed by atoms with Crippen molar-refractivity contribution < 1.29 is 14.3 Å². The van der Waals surface area contributed by atoms with Crippen LogP contribution < -0.4 is 14.8 Å². The number of aromatic nitrogens is 2. The number of likely N-dealkylation sites (N-methyl/N-ethyl adjacent to an activating group) is 1. The minimum Gasteiger partial charge on any atom is -0.497 e. The van der Waals surface area contributed by atoms with E-state index in [-0.39, 0.29) is 5.91 Å². The first kappa shape index (κ1) is 22.9. The molecule has 0 radical (unpaired) electrons. The molecule has 7 nitrogen and oxygen atoms in total. The predicted octanol–water partition coefficient (Wildman–Crippen LogP) is 4.20. The maximum atomic E-state index is 12.4. The topological polar surface area (TPSA) is 79.5 Å². The third kappa shape index (κ3) is 6.14. The first-order valence-electron chi connectivity index (χ1n) is 11.4. The van der Waals surface area contributed by atoms with Gasteiger partial charge in [0.05, 0.1) is 13.5 Å². The highest BCUT2D eigenvalue weighted by Gasteiger charge is 2.33. The van der Waals surface area contributed by atoms with Crippen LogP contribution in [0.4, 0.5) is 5.82 Å². The van der Waals surface area contributed by atoms with Crippen molar-refractivity contribution in [3.05, 3.63) is 71.4 Å². The smallest absolute Gasteiger partial charge is 0.229 e. The number of anilines is 1. The fraction of sp³-hybridized carbons (Fsp3) is 0.385. The van der Waals surface area contributed by atoms with E-state index in [9.17, 15) is 4.79 Å². The summed E-state index contributed by atoms with van der Waals surface area (Å²) >= 11 is 0. The van der Waals surface area contributed by atoms with Crippen LogP contribution >= 0.6 is 0 Å². The molecule has 7 heteroatoms. The van der Waals surface area contributed by atoms with Gasteiger partial charge < -0.3 is 19.7 Å². The lowest BCUT2D eigenvalue weighted by Crippen LogP contribution is -2.21. The Hall–Kier alpha value is -3.32. The molecular formula is C26H32N4O3. The summed E-state index contributed by atoms with van der Waals surface area (Å²) in [4.78, 5) is 14.5. The molecular weight excluding hydrogens is 416 g/mol. The van der Waals surface area contributed by atoms with Gasteiger partial charge in [-0.15, -0.1) is 0 Å². The Bertz CT molecular complexity index is 1060. The summed E-state index contributed by atoms with van der Waals surface area (Å²) in [6.45, 7) is 1.58. The van der Waals surface area contributed by atoms with Gasteiger partial charge in [0, 0.05) is 24.2 Å². The number of hydrogen-bond donors (Lipinski definition) is 2. The Morgan fingerprint density at radius 2 is 1.88 bits per heavy atom. The number of carbonyl (C=O) groups is 1. The molecule has 0 saturated heterocycles. The van der Waals surface area contributed by atoms with Crippen molar-refractivity contribution >= 4 is 11.7 Å². The molecule has 33 heavy (non-hydrogen) atoms. The molecule has 0 bridgehead atoms. The predicted molar refractivity (Wildman–Crippen MR) is 129 cm³/mol. The fourth-order valence-electron chi connectivity index (χ4n) is 4.07. The number of carbonyl (C=O) groups excluding carboxylic acids is 1. The number of hydrogen-bond acceptors (Lipinski definition) is 5. The van der Waals surface area contributed by atoms with E-state index in [1.807, 2.05) is 50.5 Å². The van der Waals surface area contributed by atoms with Crippen molar-refractivity contribution in [3.63, 3.8) is 0 Å². The second-order valence-corrected chi connectivity index (χ2v) is 8.87. The number of nitrogens with one attached hydrogen (secondary N) is 2. The van der Waals surface area contributed by atoms with Gasteiger partial charge in [0.25, 0.3) is 0 Å². The van der Waals surface area contributed by atoms with Gasteiger partial charge in [-0.2, -0.15) is 5.10 Å². The Kier molecular flexibility index (Phi) is 7.29. The van der Waals surface area contributed by atoms with Crippen molar-refractivity contribution in [1.29, 1.82) is 0 Å². The average molecular weight is 449 g/mol. The average Bonchev–Trinajstić information content (AvgIpc) is 3.21. The normalized spacial score (nSPS) is 17.5. The molecule has 1 aromatic heterocycles. The number of nitrogens with zero attached hydrogens (tertiary/aromatic N) is 2. The minimum atomic E-state index is -0.0872. The summed E-state index contributed by atoms with van der Waals surface area (Å²) < 4.78 is 11.0. The molecule has 1 saturated carbocycles. The van der Waals surface area contributed by atoms with E-state index in [0.717, 1.165) is 42.1 Å². The third-order valence-electron chi connectivity index (χ3n) is 6.10. The zero-order valence-electron chi connectivity index (χ0n) is 19.5. The van der Waals surface area contributed by atoms with Crippen LogP contribution in [0.15, 0.2) is 54.6 Å². The van der Waals surface area contributed by atoms with E-state index >= 15 is 0 Å². The Morgan fingerprint density at radius 3 is 2.61 bits per heavy atom. The van der Waals surface area contributed by atoms with E-state index in [4.69, 9.17) is 9.47 Å². The van der Waals surface area contributed by atoms with Crippen molar-refractivity contribution in [2.45, 2.75) is 31.1 Å². The quantitative estimate of drug-likeness (QED) is 0.486. The zero-order valence-corrected chi connectivity index (χ0v) is 19.5. The number of amides is 1. The molecule has 1 fully saturated rings. The van der Waals surface area contributed by atoms with Gasteiger partial charge in [-0.25, -0.2) is 0 Å². The lowest BCUT2D eigenvalue weighted by Gasteiger charge is -2.35. The molecule has 0 aliphatic heterocycles. The molecule has 1 aliphatic rings. The summed E-state index contributed by atoms with van der Waals surface area (Å²) in [5.74, 6) is 3.13. The second kappa shape index (κ2) is 10.5. The van der Waals surface area contributed by atoms with Crippen molar-refractivity contribution in [1.82, 2.24) is 15.1 Å². The summed E-state index contributed by atoms with van der Waals surface area (Å²) in [5, 5.41) is 10.3. The Balaban J connectivity index is 1.26. The van der Waals surface area contributed by atoms with E-state index in [1.165, 1.54) is 5.56 Å². The molecule has 2 aromatic carbocycles. The summed E-state index contributed by atoms with van der Waals surface area (Å²) in [5.41, 5.74) is 3.32. The summed E-state index contributed by atoms with van der Waals surface area (Å²) in [7, 11) is 5.71. The maximum Gasteiger partial charge on any atom is 0.229 e. The SMILES string of the molecule is COc1ccc(CC(=O)Nc2cc(C3CC(c4cccc(OCCN(C)C)c4)C3)[nH]n2)cc1. The minimum absolute atomic E-state index is 0.0872. The van der Waals surface area contributed by atoms with Gasteiger partial charge in [0.2, 0.25) is 5.91 Å². The highest BCUT2D eigenvalue weighted by molar-refractivity contribution is 5.91. The number of methoxy groups -OCH3 is 1. The van der Waals surface area contributed by atoms with Crippen molar-refractivity contribution in [2.24, 2.45) is 0 Å². The fourth-order valence-corrected chi connectivity index (χ4v) is 4.07. The molecule has 0 atom stereocenters. The lowest BCUT2D eigenvalue weighted by molar-refractivity contribution is -0.115. The largest absolute Gasteiger partial charge is 0.497 e. The lowest BCUT2D eigenvalue weighted by atomic mass is 9.70. The van der Waals surface area contributed by atoms with Gasteiger partial charge >= 0.3 is 0 Å². The first-order valence-corrected chi connectivity index (χ1v) is 11.4. The van der Waals surface area contributed by atoms with E-state index in [2.05, 4.69) is 38.6 Å². The van der Waals surface area contributed by atoms with Crippen LogP contribution in [0.3, 0.4) is 0 Å². The van der Waals surface area contributed by atoms with Crippen molar-refractivity contribution in [3.8, 4) is 11.5 Å². The van der Waals surface area contributed by atoms with Crippen LogP contribution in [-0.4, -0.2) is 55.4 Å². The monoisotopic (exact) mass is 448 g/mol. The van der Waals surface area contributed by atoms with Gasteiger partial charge in [0.15, 0.2) is 5.82 Å². The number of ether oxygens (including phenoxy) is 2.